The number of carbonyl (C=O) groups is 1. The lowest BCUT2D eigenvalue weighted by molar-refractivity contribution is 0.100. The fourth-order valence-corrected chi connectivity index (χ4v) is 2.42. The molecular formula is C17H15FO3. The second-order valence-corrected chi connectivity index (χ2v) is 5.09. The van der Waals surface area contributed by atoms with Crippen molar-refractivity contribution < 1.29 is 18.7 Å². The zero-order valence-corrected chi connectivity index (χ0v) is 11.9. The summed E-state index contributed by atoms with van der Waals surface area (Å²) in [6, 6.07) is 8.39. The van der Waals surface area contributed by atoms with E-state index < -0.39 is 0 Å². The Labute approximate surface area is 122 Å². The molecular weight excluding hydrogens is 271 g/mol. The maximum atomic E-state index is 14.1. The molecule has 0 saturated carbocycles. The van der Waals surface area contributed by atoms with Gasteiger partial charge in [0, 0.05) is 5.56 Å². The van der Waals surface area contributed by atoms with Gasteiger partial charge in [0.25, 0.3) is 0 Å². The molecule has 0 atom stereocenters. The van der Waals surface area contributed by atoms with Crippen LogP contribution >= 0.6 is 0 Å². The van der Waals surface area contributed by atoms with Crippen molar-refractivity contribution in [3.63, 3.8) is 0 Å². The third-order valence-electron chi connectivity index (χ3n) is 3.46. The topological polar surface area (TPSA) is 35.5 Å². The van der Waals surface area contributed by atoms with E-state index in [9.17, 15) is 9.18 Å². The Morgan fingerprint density at radius 1 is 1.14 bits per heavy atom. The standard InChI is InChI=1S/C17H15FO3/c1-10-3-4-13(15(18)7-10)12-8-14(11(2)19)17-16(9-12)20-5-6-21-17/h3-4,7-9H,5-6H2,1-2H3. The zero-order chi connectivity index (χ0) is 15.0. The third kappa shape index (κ3) is 2.49. The number of carbonyl (C=O) groups excluding carboxylic acids is 1. The van der Waals surface area contributed by atoms with Crippen LogP contribution in [0.25, 0.3) is 11.1 Å². The van der Waals surface area contributed by atoms with Gasteiger partial charge < -0.3 is 9.47 Å². The molecule has 0 bridgehead atoms. The Morgan fingerprint density at radius 2 is 1.90 bits per heavy atom. The van der Waals surface area contributed by atoms with E-state index in [4.69, 9.17) is 9.47 Å². The van der Waals surface area contributed by atoms with E-state index in [-0.39, 0.29) is 11.6 Å². The van der Waals surface area contributed by atoms with E-state index in [0.29, 0.717) is 41.4 Å². The molecule has 3 rings (SSSR count). The van der Waals surface area contributed by atoms with E-state index >= 15 is 0 Å². The number of Topliss-reactive ketones (excluding diaryl/α,β-unsaturated/α-hetero) is 1. The van der Waals surface area contributed by atoms with Gasteiger partial charge >= 0.3 is 0 Å². The molecule has 0 fully saturated rings. The van der Waals surface area contributed by atoms with Gasteiger partial charge in [-0.1, -0.05) is 12.1 Å². The van der Waals surface area contributed by atoms with E-state index in [1.807, 2.05) is 13.0 Å². The molecule has 0 spiro atoms. The number of benzene rings is 2. The molecule has 108 valence electrons. The molecule has 0 unspecified atom stereocenters. The average molecular weight is 286 g/mol. The lowest BCUT2D eigenvalue weighted by Gasteiger charge is -2.21. The van der Waals surface area contributed by atoms with Gasteiger partial charge in [0.1, 0.15) is 19.0 Å². The second kappa shape index (κ2) is 5.20. The number of ether oxygens (including phenoxy) is 2. The van der Waals surface area contributed by atoms with Gasteiger partial charge in [-0.25, -0.2) is 4.39 Å². The highest BCUT2D eigenvalue weighted by atomic mass is 19.1. The van der Waals surface area contributed by atoms with Crippen LogP contribution in [0.3, 0.4) is 0 Å². The number of hydrogen-bond acceptors (Lipinski definition) is 3. The van der Waals surface area contributed by atoms with Crippen molar-refractivity contribution in [2.75, 3.05) is 13.2 Å². The fraction of sp³-hybridized carbons (Fsp3) is 0.235. The first kappa shape index (κ1) is 13.6. The van der Waals surface area contributed by atoms with Crippen LogP contribution in [0.5, 0.6) is 11.5 Å². The quantitative estimate of drug-likeness (QED) is 0.788. The zero-order valence-electron chi connectivity index (χ0n) is 11.9. The number of halogens is 1. The Balaban J connectivity index is 2.19. The van der Waals surface area contributed by atoms with Crippen molar-refractivity contribution >= 4 is 5.78 Å². The van der Waals surface area contributed by atoms with Gasteiger partial charge in [0.2, 0.25) is 0 Å². The van der Waals surface area contributed by atoms with E-state index in [2.05, 4.69) is 0 Å². The summed E-state index contributed by atoms with van der Waals surface area (Å²) in [5, 5.41) is 0. The molecule has 2 aromatic rings. The Morgan fingerprint density at radius 3 is 2.62 bits per heavy atom. The van der Waals surface area contributed by atoms with Gasteiger partial charge in [-0.15, -0.1) is 0 Å². The molecule has 4 heteroatoms. The van der Waals surface area contributed by atoms with Crippen molar-refractivity contribution in [1.82, 2.24) is 0 Å². The number of rotatable bonds is 2. The highest BCUT2D eigenvalue weighted by Crippen LogP contribution is 2.39. The predicted molar refractivity (Wildman–Crippen MR) is 77.6 cm³/mol. The molecule has 0 saturated heterocycles. The summed E-state index contributed by atoms with van der Waals surface area (Å²) in [4.78, 5) is 11.8. The smallest absolute Gasteiger partial charge is 0.172 e. The summed E-state index contributed by atoms with van der Waals surface area (Å²) in [5.74, 6) is 0.487. The van der Waals surface area contributed by atoms with Crippen LogP contribution in [-0.4, -0.2) is 19.0 Å². The summed E-state index contributed by atoms with van der Waals surface area (Å²) in [6.45, 7) is 4.12. The summed E-state index contributed by atoms with van der Waals surface area (Å²) in [5.41, 5.74) is 2.32. The van der Waals surface area contributed by atoms with Crippen LogP contribution in [0.2, 0.25) is 0 Å². The number of aryl methyl sites for hydroxylation is 1. The monoisotopic (exact) mass is 286 g/mol. The molecule has 1 aliphatic rings. The van der Waals surface area contributed by atoms with E-state index in [0.717, 1.165) is 5.56 Å². The van der Waals surface area contributed by atoms with Crippen molar-refractivity contribution in [3.8, 4) is 22.6 Å². The Kier molecular flexibility index (Phi) is 3.37. The average Bonchev–Trinajstić information content (AvgIpc) is 2.46. The summed E-state index contributed by atoms with van der Waals surface area (Å²) < 4.78 is 25.2. The van der Waals surface area contributed by atoms with Crippen molar-refractivity contribution in [2.24, 2.45) is 0 Å². The van der Waals surface area contributed by atoms with Crippen LogP contribution in [0.4, 0.5) is 4.39 Å². The van der Waals surface area contributed by atoms with Crippen molar-refractivity contribution in [1.29, 1.82) is 0 Å². The Hall–Kier alpha value is -2.36. The minimum Gasteiger partial charge on any atom is -0.486 e. The van der Waals surface area contributed by atoms with Crippen LogP contribution in [0.1, 0.15) is 22.8 Å². The first-order valence-corrected chi connectivity index (χ1v) is 6.77. The normalized spacial score (nSPS) is 13.1. The number of fused-ring (bicyclic) bond motifs is 1. The lowest BCUT2D eigenvalue weighted by Crippen LogP contribution is -2.17. The minimum atomic E-state index is -0.318. The fourth-order valence-electron chi connectivity index (χ4n) is 2.42. The van der Waals surface area contributed by atoms with Crippen LogP contribution in [0, 0.1) is 12.7 Å². The molecule has 0 aliphatic carbocycles. The highest BCUT2D eigenvalue weighted by molar-refractivity contribution is 5.99. The van der Waals surface area contributed by atoms with Gasteiger partial charge in [0.05, 0.1) is 5.56 Å². The van der Waals surface area contributed by atoms with E-state index in [1.165, 1.54) is 13.0 Å². The van der Waals surface area contributed by atoms with Gasteiger partial charge in [-0.2, -0.15) is 0 Å². The van der Waals surface area contributed by atoms with Crippen LogP contribution in [0.15, 0.2) is 30.3 Å². The van der Waals surface area contributed by atoms with Crippen LogP contribution < -0.4 is 9.47 Å². The summed E-state index contributed by atoms with van der Waals surface area (Å²) in [7, 11) is 0. The molecule has 1 heterocycles. The van der Waals surface area contributed by atoms with Crippen molar-refractivity contribution in [2.45, 2.75) is 13.8 Å². The molecule has 3 nitrogen and oxygen atoms in total. The van der Waals surface area contributed by atoms with Gasteiger partial charge in [0.15, 0.2) is 17.3 Å². The summed E-state index contributed by atoms with van der Waals surface area (Å²) in [6.07, 6.45) is 0. The van der Waals surface area contributed by atoms with Crippen molar-refractivity contribution in [3.05, 3.63) is 47.3 Å². The molecule has 0 amide bonds. The molecule has 0 aromatic heterocycles. The largest absolute Gasteiger partial charge is 0.486 e. The maximum Gasteiger partial charge on any atom is 0.172 e. The first-order chi connectivity index (χ1) is 10.1. The second-order valence-electron chi connectivity index (χ2n) is 5.09. The lowest BCUT2D eigenvalue weighted by atomic mass is 9.98. The minimum absolute atomic E-state index is 0.133. The Bertz CT molecular complexity index is 722. The molecule has 0 radical (unpaired) electrons. The third-order valence-corrected chi connectivity index (χ3v) is 3.46. The summed E-state index contributed by atoms with van der Waals surface area (Å²) >= 11 is 0. The van der Waals surface area contributed by atoms with Crippen LogP contribution in [-0.2, 0) is 0 Å². The number of ketones is 1. The predicted octanol–water partition coefficient (Wildman–Crippen LogP) is 3.77. The van der Waals surface area contributed by atoms with Gasteiger partial charge in [-0.05, 0) is 43.2 Å². The SMILES string of the molecule is CC(=O)c1cc(-c2ccc(C)cc2F)cc2c1OCCO2. The van der Waals surface area contributed by atoms with Gasteiger partial charge in [-0.3, -0.25) is 4.79 Å². The highest BCUT2D eigenvalue weighted by Gasteiger charge is 2.21. The molecule has 2 aromatic carbocycles. The first-order valence-electron chi connectivity index (χ1n) is 6.77. The molecule has 1 aliphatic heterocycles. The van der Waals surface area contributed by atoms with E-state index in [1.54, 1.807) is 18.2 Å². The maximum absolute atomic E-state index is 14.1. The number of hydrogen-bond donors (Lipinski definition) is 0. The molecule has 21 heavy (non-hydrogen) atoms. The molecule has 0 N–H and O–H groups in total.